The van der Waals surface area contributed by atoms with E-state index in [9.17, 15) is 8.78 Å². The summed E-state index contributed by atoms with van der Waals surface area (Å²) in [6.07, 6.45) is 3.50. The zero-order valence-electron chi connectivity index (χ0n) is 11.8. The summed E-state index contributed by atoms with van der Waals surface area (Å²) in [6.45, 7) is 2.12. The molecule has 0 amide bonds. The summed E-state index contributed by atoms with van der Waals surface area (Å²) in [5.74, 6) is -0.812. The molecule has 1 aliphatic carbocycles. The van der Waals surface area contributed by atoms with E-state index < -0.39 is 23.3 Å². The Labute approximate surface area is 126 Å². The summed E-state index contributed by atoms with van der Waals surface area (Å²) in [6, 6.07) is 1.77. The predicted octanol–water partition coefficient (Wildman–Crippen LogP) is 4.32. The van der Waals surface area contributed by atoms with Crippen molar-refractivity contribution in [1.29, 1.82) is 0 Å². The highest BCUT2D eigenvalue weighted by atomic mass is 79.9. The minimum atomic E-state index is -0.812. The Balaban J connectivity index is 2.43. The second-order valence-corrected chi connectivity index (χ2v) is 6.56. The Kier molecular flexibility index (Phi) is 4.82. The van der Waals surface area contributed by atoms with Gasteiger partial charge in [0.15, 0.2) is 0 Å². The fourth-order valence-electron chi connectivity index (χ4n) is 3.23. The van der Waals surface area contributed by atoms with Gasteiger partial charge < -0.3 is 10.5 Å². The smallest absolute Gasteiger partial charge is 0.145 e. The van der Waals surface area contributed by atoms with Gasteiger partial charge in [-0.05, 0) is 46.8 Å². The van der Waals surface area contributed by atoms with E-state index in [2.05, 4.69) is 22.9 Å². The molecule has 0 saturated heterocycles. The molecular formula is C15H20BrF2NO. The minimum Gasteiger partial charge on any atom is -0.376 e. The van der Waals surface area contributed by atoms with Crippen molar-refractivity contribution < 1.29 is 13.5 Å². The molecule has 1 aromatic rings. The van der Waals surface area contributed by atoms with Gasteiger partial charge in [0.05, 0.1) is 16.1 Å². The molecule has 2 N–H and O–H groups in total. The number of halogens is 3. The lowest BCUT2D eigenvalue weighted by Crippen LogP contribution is -2.47. The van der Waals surface area contributed by atoms with Gasteiger partial charge in [-0.2, -0.15) is 0 Å². The van der Waals surface area contributed by atoms with Crippen LogP contribution in [0.1, 0.15) is 44.2 Å². The first kappa shape index (κ1) is 15.9. The molecule has 2 nitrogen and oxygen atoms in total. The maximum atomic E-state index is 14.2. The van der Waals surface area contributed by atoms with Crippen molar-refractivity contribution in [2.45, 2.75) is 44.2 Å². The number of methoxy groups -OCH3 is 1. The summed E-state index contributed by atoms with van der Waals surface area (Å²) in [5.41, 5.74) is 5.44. The topological polar surface area (TPSA) is 35.2 Å². The molecule has 0 spiro atoms. The molecule has 0 aromatic heterocycles. The Hall–Kier alpha value is -0.520. The number of ether oxygens (including phenoxy) is 1. The highest BCUT2D eigenvalue weighted by Gasteiger charge is 2.43. The summed E-state index contributed by atoms with van der Waals surface area (Å²) >= 11 is 3.09. The molecule has 0 radical (unpaired) electrons. The third-order valence-electron chi connectivity index (χ3n) is 4.35. The average Bonchev–Trinajstić information content (AvgIpc) is 2.43. The Morgan fingerprint density at radius 3 is 2.75 bits per heavy atom. The Morgan fingerprint density at radius 2 is 2.15 bits per heavy atom. The monoisotopic (exact) mass is 347 g/mol. The molecule has 0 aliphatic heterocycles. The van der Waals surface area contributed by atoms with E-state index in [4.69, 9.17) is 10.5 Å². The minimum absolute atomic E-state index is 0.0877. The second-order valence-electron chi connectivity index (χ2n) is 5.70. The van der Waals surface area contributed by atoms with Crippen LogP contribution in [0.4, 0.5) is 8.78 Å². The molecule has 1 fully saturated rings. The van der Waals surface area contributed by atoms with Crippen LogP contribution in [-0.2, 0) is 4.74 Å². The number of benzene rings is 1. The van der Waals surface area contributed by atoms with Crippen molar-refractivity contribution in [1.82, 2.24) is 0 Å². The third-order valence-corrected chi connectivity index (χ3v) is 4.97. The van der Waals surface area contributed by atoms with Gasteiger partial charge in [-0.3, -0.25) is 0 Å². The predicted molar refractivity (Wildman–Crippen MR) is 78.4 cm³/mol. The molecule has 1 aliphatic rings. The molecule has 112 valence electrons. The summed E-state index contributed by atoms with van der Waals surface area (Å²) in [5, 5.41) is 0. The van der Waals surface area contributed by atoms with Crippen molar-refractivity contribution in [3.63, 3.8) is 0 Å². The standard InChI is InChI=1S/C15H20BrF2NO/c1-9-4-3-7-15(8-9,20-2)14(19)12-11(17)6-5-10(16)13(12)18/h5-6,9,14H,3-4,7-8,19H2,1-2H3. The van der Waals surface area contributed by atoms with Gasteiger partial charge in [-0.15, -0.1) is 0 Å². The summed E-state index contributed by atoms with van der Waals surface area (Å²) in [7, 11) is 1.58. The SMILES string of the molecule is COC1(C(N)c2c(F)ccc(Br)c2F)CCCC(C)C1. The van der Waals surface area contributed by atoms with Crippen LogP contribution in [0.15, 0.2) is 16.6 Å². The van der Waals surface area contributed by atoms with Gasteiger partial charge >= 0.3 is 0 Å². The van der Waals surface area contributed by atoms with E-state index in [1.54, 1.807) is 7.11 Å². The Bertz CT molecular complexity index is 497. The second kappa shape index (κ2) is 6.08. The molecule has 3 unspecified atom stereocenters. The number of hydrogen-bond acceptors (Lipinski definition) is 2. The van der Waals surface area contributed by atoms with Crippen molar-refractivity contribution in [3.8, 4) is 0 Å². The van der Waals surface area contributed by atoms with Gasteiger partial charge in [0, 0.05) is 12.7 Å². The van der Waals surface area contributed by atoms with E-state index in [-0.39, 0.29) is 10.0 Å². The normalized spacial score (nSPS) is 28.4. The molecule has 20 heavy (non-hydrogen) atoms. The molecule has 3 atom stereocenters. The van der Waals surface area contributed by atoms with Crippen LogP contribution in [0, 0.1) is 17.6 Å². The largest absolute Gasteiger partial charge is 0.376 e. The van der Waals surface area contributed by atoms with Crippen LogP contribution >= 0.6 is 15.9 Å². The van der Waals surface area contributed by atoms with Crippen LogP contribution in [0.2, 0.25) is 0 Å². The van der Waals surface area contributed by atoms with Gasteiger partial charge in [0.2, 0.25) is 0 Å². The number of rotatable bonds is 3. The number of nitrogens with two attached hydrogens (primary N) is 1. The average molecular weight is 348 g/mol. The molecule has 0 heterocycles. The van der Waals surface area contributed by atoms with Crippen molar-refractivity contribution in [3.05, 3.63) is 33.8 Å². The zero-order chi connectivity index (χ0) is 14.9. The van der Waals surface area contributed by atoms with Crippen LogP contribution in [-0.4, -0.2) is 12.7 Å². The summed E-state index contributed by atoms with van der Waals surface area (Å²) < 4.78 is 34.2. The van der Waals surface area contributed by atoms with Crippen LogP contribution in [0.25, 0.3) is 0 Å². The van der Waals surface area contributed by atoms with Gasteiger partial charge in [-0.1, -0.05) is 19.8 Å². The molecule has 1 aromatic carbocycles. The molecular weight excluding hydrogens is 328 g/mol. The van der Waals surface area contributed by atoms with Gasteiger partial charge in [0.1, 0.15) is 11.6 Å². The quantitative estimate of drug-likeness (QED) is 0.826. The number of hydrogen-bond donors (Lipinski definition) is 1. The first-order valence-electron chi connectivity index (χ1n) is 6.85. The Morgan fingerprint density at radius 1 is 1.45 bits per heavy atom. The highest BCUT2D eigenvalue weighted by molar-refractivity contribution is 9.10. The summed E-state index contributed by atoms with van der Waals surface area (Å²) in [4.78, 5) is 0. The van der Waals surface area contributed by atoms with E-state index in [0.29, 0.717) is 5.92 Å². The lowest BCUT2D eigenvalue weighted by Gasteiger charge is -2.43. The maximum Gasteiger partial charge on any atom is 0.145 e. The molecule has 0 bridgehead atoms. The van der Waals surface area contributed by atoms with E-state index in [0.717, 1.165) is 25.7 Å². The first-order chi connectivity index (χ1) is 9.41. The fourth-order valence-corrected chi connectivity index (χ4v) is 3.58. The van der Waals surface area contributed by atoms with Crippen molar-refractivity contribution in [2.24, 2.45) is 11.7 Å². The van der Waals surface area contributed by atoms with Crippen LogP contribution in [0.5, 0.6) is 0 Å². The lowest BCUT2D eigenvalue weighted by molar-refractivity contribution is -0.0731. The lowest BCUT2D eigenvalue weighted by atomic mass is 9.73. The zero-order valence-corrected chi connectivity index (χ0v) is 13.3. The van der Waals surface area contributed by atoms with Gasteiger partial charge in [-0.25, -0.2) is 8.78 Å². The molecule has 2 rings (SSSR count). The van der Waals surface area contributed by atoms with Crippen molar-refractivity contribution >= 4 is 15.9 Å². The first-order valence-corrected chi connectivity index (χ1v) is 7.64. The molecule has 1 saturated carbocycles. The maximum absolute atomic E-state index is 14.2. The fraction of sp³-hybridized carbons (Fsp3) is 0.600. The van der Waals surface area contributed by atoms with Crippen LogP contribution in [0.3, 0.4) is 0 Å². The van der Waals surface area contributed by atoms with Crippen LogP contribution < -0.4 is 5.73 Å². The van der Waals surface area contributed by atoms with E-state index in [1.165, 1.54) is 12.1 Å². The van der Waals surface area contributed by atoms with E-state index >= 15 is 0 Å². The van der Waals surface area contributed by atoms with Crippen molar-refractivity contribution in [2.75, 3.05) is 7.11 Å². The van der Waals surface area contributed by atoms with E-state index in [1.807, 2.05) is 0 Å². The molecule has 5 heteroatoms. The van der Waals surface area contributed by atoms with Gasteiger partial charge in [0.25, 0.3) is 0 Å². The highest BCUT2D eigenvalue weighted by Crippen LogP contribution is 2.43. The third kappa shape index (κ3) is 2.76.